The minimum atomic E-state index is -0.342. The second kappa shape index (κ2) is 10.5. The average Bonchev–Trinajstić information content (AvgIpc) is 3.69. The molecule has 0 amide bonds. The molecule has 6 heteroatoms. The molecule has 5 aliphatic rings. The van der Waals surface area contributed by atoms with Crippen LogP contribution in [0.4, 0.5) is 0 Å². The van der Waals surface area contributed by atoms with E-state index in [-0.39, 0.29) is 29.3 Å². The first kappa shape index (κ1) is 27.0. The van der Waals surface area contributed by atoms with Gasteiger partial charge < -0.3 is 14.6 Å². The molecular weight excluding hydrogens is 512 g/mol. The minimum absolute atomic E-state index is 0.0248. The van der Waals surface area contributed by atoms with Crippen LogP contribution in [0.1, 0.15) is 69.6 Å². The van der Waals surface area contributed by atoms with Crippen LogP contribution in [0, 0.1) is 17.8 Å². The van der Waals surface area contributed by atoms with Crippen LogP contribution in [0.3, 0.4) is 0 Å². The Labute approximate surface area is 244 Å². The molecule has 41 heavy (non-hydrogen) atoms. The lowest BCUT2D eigenvalue weighted by Crippen LogP contribution is -2.69. The third-order valence-electron chi connectivity index (χ3n) is 10.5. The van der Waals surface area contributed by atoms with Gasteiger partial charge in [-0.05, 0) is 68.4 Å². The Kier molecular flexibility index (Phi) is 6.90. The third kappa shape index (κ3) is 4.67. The lowest BCUT2D eigenvalue weighted by molar-refractivity contribution is -0.132. The van der Waals surface area contributed by atoms with E-state index in [1.807, 2.05) is 0 Å². The van der Waals surface area contributed by atoms with Crippen molar-refractivity contribution in [2.45, 2.75) is 82.9 Å². The van der Waals surface area contributed by atoms with Gasteiger partial charge in [0.2, 0.25) is 0 Å². The predicted molar refractivity (Wildman–Crippen MR) is 160 cm³/mol. The monoisotopic (exact) mass is 556 g/mol. The number of hydrogen-bond acceptors (Lipinski definition) is 6. The molecule has 1 spiro atoms. The lowest BCUT2D eigenvalue weighted by Gasteiger charge is -2.60. The molecule has 0 unspecified atom stereocenters. The second-order valence-electron chi connectivity index (χ2n) is 13.6. The maximum absolute atomic E-state index is 12.1. The maximum atomic E-state index is 12.1. The molecule has 2 aromatic rings. The molecule has 3 fully saturated rings. The number of phenolic OH excluding ortho intramolecular Hbond substituents is 1. The Balaban J connectivity index is 1.28. The van der Waals surface area contributed by atoms with Gasteiger partial charge in [-0.1, -0.05) is 56.3 Å². The van der Waals surface area contributed by atoms with E-state index in [0.717, 1.165) is 62.4 Å². The van der Waals surface area contributed by atoms with E-state index < -0.39 is 0 Å². The number of rotatable bonds is 9. The van der Waals surface area contributed by atoms with Crippen LogP contribution in [-0.4, -0.2) is 65.2 Å². The SMILES string of the molecule is CC(=O)Oc1cc(O)c2c3c1C[C@@H]1[C@@H]4CC[C@H](N(CC=Cc5ccccc5)CC(C)C)[C@H](O2)[C@]34CCN1CC1CC1. The molecule has 5 atom stereocenters. The highest BCUT2D eigenvalue weighted by molar-refractivity contribution is 5.73. The number of piperidine rings is 1. The van der Waals surface area contributed by atoms with Gasteiger partial charge in [-0.25, -0.2) is 0 Å². The summed E-state index contributed by atoms with van der Waals surface area (Å²) in [6.07, 6.45) is 11.3. The largest absolute Gasteiger partial charge is 0.504 e. The molecule has 2 heterocycles. The van der Waals surface area contributed by atoms with Gasteiger partial charge in [0.25, 0.3) is 0 Å². The summed E-state index contributed by atoms with van der Waals surface area (Å²) < 4.78 is 12.7. The first-order valence-electron chi connectivity index (χ1n) is 15.8. The molecule has 0 radical (unpaired) electrons. The van der Waals surface area contributed by atoms with E-state index in [9.17, 15) is 9.90 Å². The summed E-state index contributed by atoms with van der Waals surface area (Å²) in [5.74, 6) is 2.79. The number of hydrogen-bond donors (Lipinski definition) is 1. The molecule has 2 aliphatic heterocycles. The summed E-state index contributed by atoms with van der Waals surface area (Å²) >= 11 is 0. The Morgan fingerprint density at radius 1 is 1.22 bits per heavy atom. The van der Waals surface area contributed by atoms with Crippen molar-refractivity contribution in [3.63, 3.8) is 0 Å². The zero-order valence-corrected chi connectivity index (χ0v) is 24.7. The summed E-state index contributed by atoms with van der Waals surface area (Å²) in [6.45, 7) is 10.1. The fourth-order valence-corrected chi connectivity index (χ4v) is 8.83. The highest BCUT2D eigenvalue weighted by Gasteiger charge is 2.67. The lowest BCUT2D eigenvalue weighted by atomic mass is 9.50. The third-order valence-corrected chi connectivity index (χ3v) is 10.5. The molecule has 1 saturated heterocycles. The van der Waals surface area contributed by atoms with E-state index in [4.69, 9.17) is 9.47 Å². The summed E-state index contributed by atoms with van der Waals surface area (Å²) in [5, 5.41) is 11.3. The number of nitrogens with zero attached hydrogens (tertiary/aromatic N) is 2. The Morgan fingerprint density at radius 3 is 2.76 bits per heavy atom. The van der Waals surface area contributed by atoms with Crippen molar-refractivity contribution >= 4 is 12.0 Å². The van der Waals surface area contributed by atoms with Gasteiger partial charge >= 0.3 is 5.97 Å². The first-order valence-corrected chi connectivity index (χ1v) is 15.8. The van der Waals surface area contributed by atoms with Crippen molar-refractivity contribution in [2.24, 2.45) is 17.8 Å². The van der Waals surface area contributed by atoms with Gasteiger partial charge in [0.1, 0.15) is 11.9 Å². The number of ether oxygens (including phenoxy) is 2. The van der Waals surface area contributed by atoms with Crippen molar-refractivity contribution in [1.82, 2.24) is 9.80 Å². The normalized spacial score (nSPS) is 30.1. The van der Waals surface area contributed by atoms with E-state index in [1.54, 1.807) is 6.07 Å². The fourth-order valence-electron chi connectivity index (χ4n) is 8.83. The van der Waals surface area contributed by atoms with Gasteiger partial charge in [-0.15, -0.1) is 0 Å². The van der Waals surface area contributed by atoms with Crippen LogP contribution in [-0.2, 0) is 16.6 Å². The number of benzene rings is 2. The highest BCUT2D eigenvalue weighted by Crippen LogP contribution is 2.65. The van der Waals surface area contributed by atoms with E-state index >= 15 is 0 Å². The van der Waals surface area contributed by atoms with Gasteiger partial charge in [0.15, 0.2) is 11.5 Å². The number of aromatic hydroxyl groups is 1. The van der Waals surface area contributed by atoms with Crippen LogP contribution in [0.2, 0.25) is 0 Å². The highest BCUT2D eigenvalue weighted by atomic mass is 16.5. The number of phenols is 1. The van der Waals surface area contributed by atoms with Crippen LogP contribution in [0.25, 0.3) is 6.08 Å². The molecule has 3 aliphatic carbocycles. The molecule has 218 valence electrons. The van der Waals surface area contributed by atoms with Crippen LogP contribution >= 0.6 is 0 Å². The number of carbonyl (C=O) groups is 1. The van der Waals surface area contributed by atoms with Gasteiger partial charge in [-0.2, -0.15) is 0 Å². The quantitative estimate of drug-likeness (QED) is 0.311. The fraction of sp³-hybridized carbons (Fsp3) is 0.571. The van der Waals surface area contributed by atoms with Crippen molar-refractivity contribution in [1.29, 1.82) is 0 Å². The molecule has 2 bridgehead atoms. The summed E-state index contributed by atoms with van der Waals surface area (Å²) in [6, 6.07) is 12.8. The minimum Gasteiger partial charge on any atom is -0.504 e. The summed E-state index contributed by atoms with van der Waals surface area (Å²) in [5.41, 5.74) is 3.30. The second-order valence-corrected chi connectivity index (χ2v) is 13.6. The van der Waals surface area contributed by atoms with Crippen LogP contribution in [0.15, 0.2) is 42.5 Å². The van der Waals surface area contributed by atoms with Crippen LogP contribution in [0.5, 0.6) is 17.2 Å². The Hall–Kier alpha value is -2.83. The van der Waals surface area contributed by atoms with E-state index in [2.05, 4.69) is 66.1 Å². The van der Waals surface area contributed by atoms with Crippen LogP contribution < -0.4 is 9.47 Å². The predicted octanol–water partition coefficient (Wildman–Crippen LogP) is 5.81. The van der Waals surface area contributed by atoms with E-state index in [1.165, 1.54) is 31.9 Å². The van der Waals surface area contributed by atoms with E-state index in [0.29, 0.717) is 29.4 Å². The Morgan fingerprint density at radius 2 is 2.02 bits per heavy atom. The van der Waals surface area contributed by atoms with Crippen molar-refractivity contribution in [2.75, 3.05) is 26.2 Å². The Bertz CT molecular complexity index is 1340. The first-order chi connectivity index (χ1) is 19.8. The summed E-state index contributed by atoms with van der Waals surface area (Å²) in [7, 11) is 0. The maximum Gasteiger partial charge on any atom is 0.308 e. The molecule has 7 rings (SSSR count). The zero-order valence-electron chi connectivity index (χ0n) is 24.7. The topological polar surface area (TPSA) is 62.2 Å². The molecule has 6 nitrogen and oxygen atoms in total. The summed E-state index contributed by atoms with van der Waals surface area (Å²) in [4.78, 5) is 17.5. The number of likely N-dealkylation sites (tertiary alicyclic amines) is 1. The number of esters is 1. The smallest absolute Gasteiger partial charge is 0.308 e. The average molecular weight is 557 g/mol. The molecule has 1 N–H and O–H groups in total. The zero-order chi connectivity index (χ0) is 28.3. The van der Waals surface area contributed by atoms with Crippen molar-refractivity contribution in [3.05, 3.63) is 59.2 Å². The van der Waals surface area contributed by atoms with Gasteiger partial charge in [0, 0.05) is 61.2 Å². The van der Waals surface area contributed by atoms with Gasteiger partial charge in [0.05, 0.1) is 0 Å². The molecular formula is C35H44N2O4. The number of carbonyl (C=O) groups excluding carboxylic acids is 1. The van der Waals surface area contributed by atoms with Gasteiger partial charge in [-0.3, -0.25) is 14.6 Å². The van der Waals surface area contributed by atoms with Crippen molar-refractivity contribution < 1.29 is 19.4 Å². The molecule has 2 aromatic carbocycles. The molecule has 0 aromatic heterocycles. The molecule has 2 saturated carbocycles. The van der Waals surface area contributed by atoms with Crippen molar-refractivity contribution in [3.8, 4) is 17.2 Å². The standard InChI is InChI=1S/C35H44N2O4/c1-22(2)20-36(16-7-10-24-8-5-4-6-9-24)28-14-13-27-29-18-26-31(40-23(3)38)19-30(39)33-32(26)35(27,34(28)41-33)15-17-37(29)21-25-11-12-25/h4-10,19,22,25,27-29,34,39H,11-18,20-21H2,1-3H3/t27-,28-,29+,34-,35-/m0/s1.